The highest BCUT2D eigenvalue weighted by molar-refractivity contribution is 9.10. The third-order valence-corrected chi connectivity index (χ3v) is 3.53. The Morgan fingerprint density at radius 1 is 1.29 bits per heavy atom. The number of hydrogen-bond acceptors (Lipinski definition) is 6. The van der Waals surface area contributed by atoms with E-state index in [0.29, 0.717) is 10.9 Å². The number of halogens is 1. The molecule has 132 valence electrons. The fraction of sp³-hybridized carbons (Fsp3) is 0.438. The molecule has 0 saturated heterocycles. The summed E-state index contributed by atoms with van der Waals surface area (Å²) in [7, 11) is 1.23. The number of amides is 1. The van der Waals surface area contributed by atoms with Crippen molar-refractivity contribution in [1.82, 2.24) is 5.32 Å². The van der Waals surface area contributed by atoms with Gasteiger partial charge in [0.25, 0.3) is 5.91 Å². The van der Waals surface area contributed by atoms with Crippen molar-refractivity contribution >= 4 is 33.8 Å². The van der Waals surface area contributed by atoms with E-state index in [4.69, 9.17) is 4.74 Å². The normalized spacial score (nSPS) is 11.7. The van der Waals surface area contributed by atoms with Crippen LogP contribution in [0, 0.1) is 5.92 Å². The molecule has 0 saturated carbocycles. The van der Waals surface area contributed by atoms with Crippen molar-refractivity contribution in [3.05, 3.63) is 28.2 Å². The van der Waals surface area contributed by atoms with Gasteiger partial charge in [0, 0.05) is 4.47 Å². The Morgan fingerprint density at radius 3 is 2.54 bits per heavy atom. The monoisotopic (exact) mass is 401 g/mol. The van der Waals surface area contributed by atoms with Crippen LogP contribution in [0.1, 0.15) is 30.6 Å². The van der Waals surface area contributed by atoms with Crippen LogP contribution < -0.4 is 5.32 Å². The summed E-state index contributed by atoms with van der Waals surface area (Å²) in [6.45, 7) is 3.23. The number of methoxy groups -OCH3 is 1. The van der Waals surface area contributed by atoms with Crippen molar-refractivity contribution < 1.29 is 29.0 Å². The summed E-state index contributed by atoms with van der Waals surface area (Å²) in [5.41, 5.74) is -0.0659. The van der Waals surface area contributed by atoms with Crippen LogP contribution in [0.15, 0.2) is 22.7 Å². The topological polar surface area (TPSA) is 102 Å². The molecule has 1 amide bonds. The molecule has 7 nitrogen and oxygen atoms in total. The van der Waals surface area contributed by atoms with E-state index >= 15 is 0 Å². The molecule has 0 spiro atoms. The van der Waals surface area contributed by atoms with Crippen molar-refractivity contribution in [2.75, 3.05) is 13.7 Å². The number of rotatable bonds is 7. The number of carbonyl (C=O) groups excluding carboxylic acids is 3. The Hall–Kier alpha value is -2.09. The SMILES string of the molecule is COC(=O)[C@@H](CC(C)C)NC(=O)COC(=O)c1cc(Br)ccc1O. The van der Waals surface area contributed by atoms with Gasteiger partial charge in [0.1, 0.15) is 17.4 Å². The van der Waals surface area contributed by atoms with Crippen LogP contribution in [0.3, 0.4) is 0 Å². The molecule has 0 fully saturated rings. The van der Waals surface area contributed by atoms with Gasteiger partial charge >= 0.3 is 11.9 Å². The van der Waals surface area contributed by atoms with Gasteiger partial charge in [-0.25, -0.2) is 9.59 Å². The molecule has 0 aliphatic carbocycles. The minimum absolute atomic E-state index is 0.0659. The van der Waals surface area contributed by atoms with E-state index in [1.165, 1.54) is 19.2 Å². The van der Waals surface area contributed by atoms with Gasteiger partial charge in [0.15, 0.2) is 6.61 Å². The first kappa shape index (κ1) is 20.0. The first-order valence-corrected chi connectivity index (χ1v) is 8.06. The molecule has 1 atom stereocenters. The molecule has 1 aromatic carbocycles. The zero-order chi connectivity index (χ0) is 18.3. The first-order valence-electron chi connectivity index (χ1n) is 7.27. The Kier molecular flexibility index (Phi) is 7.70. The lowest BCUT2D eigenvalue weighted by Crippen LogP contribution is -2.44. The van der Waals surface area contributed by atoms with Gasteiger partial charge < -0.3 is 19.9 Å². The number of nitrogens with one attached hydrogen (secondary N) is 1. The number of phenolic OH excluding ortho intramolecular Hbond substituents is 1. The van der Waals surface area contributed by atoms with Gasteiger partial charge in [-0.15, -0.1) is 0 Å². The standard InChI is InChI=1S/C16H20BrNO6/c1-9(2)6-12(16(22)23-3)18-14(20)8-24-15(21)11-7-10(17)4-5-13(11)19/h4-5,7,9,12,19H,6,8H2,1-3H3,(H,18,20)/t12-/m1/s1. The fourth-order valence-corrected chi connectivity index (χ4v) is 2.31. The quantitative estimate of drug-likeness (QED) is 0.677. The zero-order valence-corrected chi connectivity index (χ0v) is 15.3. The molecule has 1 aromatic rings. The number of benzene rings is 1. The Balaban J connectivity index is 2.62. The molecule has 0 unspecified atom stereocenters. The van der Waals surface area contributed by atoms with E-state index in [1.807, 2.05) is 13.8 Å². The van der Waals surface area contributed by atoms with E-state index in [0.717, 1.165) is 0 Å². The largest absolute Gasteiger partial charge is 0.507 e. The van der Waals surface area contributed by atoms with Gasteiger partial charge in [-0.2, -0.15) is 0 Å². The second-order valence-corrected chi connectivity index (χ2v) is 6.43. The third kappa shape index (κ3) is 6.19. The summed E-state index contributed by atoms with van der Waals surface area (Å²) in [5.74, 6) is -2.13. The molecule has 2 N–H and O–H groups in total. The highest BCUT2D eigenvalue weighted by Crippen LogP contribution is 2.22. The molecule has 0 bridgehead atoms. The van der Waals surface area contributed by atoms with Gasteiger partial charge in [-0.1, -0.05) is 29.8 Å². The number of aromatic hydroxyl groups is 1. The van der Waals surface area contributed by atoms with Crippen molar-refractivity contribution in [3.63, 3.8) is 0 Å². The number of esters is 2. The maximum atomic E-state index is 11.9. The number of hydrogen-bond donors (Lipinski definition) is 2. The van der Waals surface area contributed by atoms with Crippen LogP contribution >= 0.6 is 15.9 Å². The molecule has 1 rings (SSSR count). The molecule has 0 aliphatic heterocycles. The highest BCUT2D eigenvalue weighted by Gasteiger charge is 2.23. The number of carbonyl (C=O) groups is 3. The minimum Gasteiger partial charge on any atom is -0.507 e. The maximum Gasteiger partial charge on any atom is 0.342 e. The average Bonchev–Trinajstić information content (AvgIpc) is 2.53. The average molecular weight is 402 g/mol. The van der Waals surface area contributed by atoms with Crippen molar-refractivity contribution in [1.29, 1.82) is 0 Å². The van der Waals surface area contributed by atoms with Crippen LogP contribution in [-0.2, 0) is 19.1 Å². The van der Waals surface area contributed by atoms with Crippen LogP contribution in [-0.4, -0.2) is 42.7 Å². The second-order valence-electron chi connectivity index (χ2n) is 5.51. The minimum atomic E-state index is -0.845. The molecule has 0 aliphatic rings. The third-order valence-electron chi connectivity index (χ3n) is 3.04. The summed E-state index contributed by atoms with van der Waals surface area (Å²) >= 11 is 3.17. The van der Waals surface area contributed by atoms with E-state index in [2.05, 4.69) is 26.0 Å². The number of ether oxygens (including phenoxy) is 2. The molecular weight excluding hydrogens is 382 g/mol. The van der Waals surface area contributed by atoms with E-state index in [-0.39, 0.29) is 17.2 Å². The number of phenols is 1. The summed E-state index contributed by atoms with van der Waals surface area (Å²) in [6.07, 6.45) is 0.402. The summed E-state index contributed by atoms with van der Waals surface area (Å²) in [5, 5.41) is 12.1. The first-order chi connectivity index (χ1) is 11.2. The van der Waals surface area contributed by atoms with Gasteiger partial charge in [-0.3, -0.25) is 4.79 Å². The lowest BCUT2D eigenvalue weighted by atomic mass is 10.0. The van der Waals surface area contributed by atoms with E-state index in [1.54, 1.807) is 6.07 Å². The highest BCUT2D eigenvalue weighted by atomic mass is 79.9. The maximum absolute atomic E-state index is 11.9. The molecular formula is C16H20BrNO6. The lowest BCUT2D eigenvalue weighted by molar-refractivity contribution is -0.145. The predicted octanol–water partition coefficient (Wildman–Crippen LogP) is 2.02. The van der Waals surface area contributed by atoms with Gasteiger partial charge in [-0.05, 0) is 30.5 Å². The van der Waals surface area contributed by atoms with Gasteiger partial charge in [0.2, 0.25) is 0 Å². The van der Waals surface area contributed by atoms with Crippen LogP contribution in [0.5, 0.6) is 5.75 Å². The predicted molar refractivity (Wildman–Crippen MR) is 89.5 cm³/mol. The molecule has 0 aromatic heterocycles. The Labute approximate surface area is 148 Å². The molecule has 0 radical (unpaired) electrons. The molecule has 24 heavy (non-hydrogen) atoms. The second kappa shape index (κ2) is 9.27. The molecule has 8 heteroatoms. The summed E-state index contributed by atoms with van der Waals surface area (Å²) in [6, 6.07) is 3.47. The van der Waals surface area contributed by atoms with Crippen LogP contribution in [0.2, 0.25) is 0 Å². The summed E-state index contributed by atoms with van der Waals surface area (Å²) < 4.78 is 10.1. The van der Waals surface area contributed by atoms with Crippen molar-refractivity contribution in [2.24, 2.45) is 5.92 Å². The van der Waals surface area contributed by atoms with Crippen molar-refractivity contribution in [3.8, 4) is 5.75 Å². The smallest absolute Gasteiger partial charge is 0.342 e. The fourth-order valence-electron chi connectivity index (χ4n) is 1.94. The Morgan fingerprint density at radius 2 is 1.96 bits per heavy atom. The lowest BCUT2D eigenvalue weighted by Gasteiger charge is -2.18. The zero-order valence-electron chi connectivity index (χ0n) is 13.7. The van der Waals surface area contributed by atoms with Crippen LogP contribution in [0.4, 0.5) is 0 Å². The van der Waals surface area contributed by atoms with E-state index in [9.17, 15) is 19.5 Å². The van der Waals surface area contributed by atoms with Crippen LogP contribution in [0.25, 0.3) is 0 Å². The summed E-state index contributed by atoms with van der Waals surface area (Å²) in [4.78, 5) is 35.4. The van der Waals surface area contributed by atoms with E-state index < -0.39 is 30.5 Å². The van der Waals surface area contributed by atoms with Crippen molar-refractivity contribution in [2.45, 2.75) is 26.3 Å². The van der Waals surface area contributed by atoms with Gasteiger partial charge in [0.05, 0.1) is 7.11 Å². The molecule has 0 heterocycles. The Bertz CT molecular complexity index is 617.